The van der Waals surface area contributed by atoms with Crippen molar-refractivity contribution < 1.29 is 5.11 Å². The van der Waals surface area contributed by atoms with Crippen molar-refractivity contribution in [2.45, 2.75) is 57.5 Å². The smallest absolute Gasteiger partial charge is 0.193 e. The number of hydrogen-bond donors (Lipinski definition) is 2. The van der Waals surface area contributed by atoms with Gasteiger partial charge in [0.15, 0.2) is 5.96 Å². The van der Waals surface area contributed by atoms with Gasteiger partial charge in [-0.3, -0.25) is 4.99 Å². The lowest BCUT2D eigenvalue weighted by Crippen LogP contribution is -2.45. The van der Waals surface area contributed by atoms with Crippen LogP contribution in [-0.2, 0) is 0 Å². The number of nitrogens with one attached hydrogen (secondary N) is 1. The molecule has 3 aliphatic rings. The fourth-order valence-electron chi connectivity index (χ4n) is 4.72. The first-order chi connectivity index (χ1) is 11.8. The minimum Gasteiger partial charge on any atom is -0.391 e. The van der Waals surface area contributed by atoms with Crippen molar-refractivity contribution >= 4 is 5.96 Å². The monoisotopic (exact) mass is 336 g/mol. The molecular formula is C19H36N4O. The van der Waals surface area contributed by atoms with Crippen LogP contribution in [0.5, 0.6) is 0 Å². The number of rotatable bonds is 5. The van der Waals surface area contributed by atoms with Crippen LogP contribution in [-0.4, -0.2) is 73.3 Å². The van der Waals surface area contributed by atoms with Crippen LogP contribution in [0.15, 0.2) is 4.99 Å². The molecule has 2 atom stereocenters. The van der Waals surface area contributed by atoms with E-state index in [2.05, 4.69) is 20.1 Å². The summed E-state index contributed by atoms with van der Waals surface area (Å²) < 4.78 is 0. The Labute approximate surface area is 147 Å². The third-order valence-electron chi connectivity index (χ3n) is 6.18. The number of guanidine groups is 1. The summed E-state index contributed by atoms with van der Waals surface area (Å²) >= 11 is 0. The molecule has 2 heterocycles. The zero-order valence-electron chi connectivity index (χ0n) is 15.4. The van der Waals surface area contributed by atoms with E-state index < -0.39 is 0 Å². The predicted octanol–water partition coefficient (Wildman–Crippen LogP) is 1.92. The van der Waals surface area contributed by atoms with E-state index in [-0.39, 0.29) is 6.10 Å². The SMILES string of the molecule is CN=C(NCC(O)C1CCCCC1)N1CCC(CN2CCCC2)C1. The van der Waals surface area contributed by atoms with Crippen LogP contribution in [0.1, 0.15) is 51.4 Å². The Morgan fingerprint density at radius 3 is 2.54 bits per heavy atom. The summed E-state index contributed by atoms with van der Waals surface area (Å²) in [6, 6.07) is 0. The first kappa shape index (κ1) is 18.0. The molecule has 5 nitrogen and oxygen atoms in total. The third kappa shape index (κ3) is 4.85. The highest BCUT2D eigenvalue weighted by Gasteiger charge is 2.28. The molecule has 1 aliphatic carbocycles. The maximum absolute atomic E-state index is 10.5. The normalized spacial score (nSPS) is 28.5. The lowest BCUT2D eigenvalue weighted by Gasteiger charge is -2.29. The molecule has 0 aromatic heterocycles. The summed E-state index contributed by atoms with van der Waals surface area (Å²) in [6.07, 6.45) is 10.0. The Balaban J connectivity index is 1.41. The Bertz CT molecular complexity index is 402. The number of likely N-dealkylation sites (tertiary alicyclic amines) is 2. The summed E-state index contributed by atoms with van der Waals surface area (Å²) in [5, 5.41) is 13.9. The van der Waals surface area contributed by atoms with Crippen molar-refractivity contribution in [2.75, 3.05) is 46.3 Å². The third-order valence-corrected chi connectivity index (χ3v) is 6.18. The maximum Gasteiger partial charge on any atom is 0.193 e. The molecule has 24 heavy (non-hydrogen) atoms. The van der Waals surface area contributed by atoms with Gasteiger partial charge < -0.3 is 20.2 Å². The first-order valence-corrected chi connectivity index (χ1v) is 10.1. The number of hydrogen-bond acceptors (Lipinski definition) is 3. The van der Waals surface area contributed by atoms with Crippen LogP contribution in [0, 0.1) is 11.8 Å². The molecule has 0 radical (unpaired) electrons. The topological polar surface area (TPSA) is 51.1 Å². The molecule has 2 saturated heterocycles. The van der Waals surface area contributed by atoms with Gasteiger partial charge in [-0.15, -0.1) is 0 Å². The molecule has 138 valence electrons. The highest BCUT2D eigenvalue weighted by Crippen LogP contribution is 2.26. The Morgan fingerprint density at radius 1 is 1.08 bits per heavy atom. The summed E-state index contributed by atoms with van der Waals surface area (Å²) in [4.78, 5) is 9.47. The van der Waals surface area contributed by atoms with Gasteiger partial charge in [0, 0.05) is 33.2 Å². The zero-order chi connectivity index (χ0) is 16.8. The van der Waals surface area contributed by atoms with E-state index in [0.29, 0.717) is 12.5 Å². The van der Waals surface area contributed by atoms with Gasteiger partial charge in [0.25, 0.3) is 0 Å². The molecule has 3 fully saturated rings. The van der Waals surface area contributed by atoms with Crippen LogP contribution >= 0.6 is 0 Å². The second kappa shape index (κ2) is 9.04. The molecule has 2 aliphatic heterocycles. The summed E-state index contributed by atoms with van der Waals surface area (Å²) in [6.45, 7) is 6.67. The average Bonchev–Trinajstić information content (AvgIpc) is 3.29. The lowest BCUT2D eigenvalue weighted by atomic mass is 9.85. The first-order valence-electron chi connectivity index (χ1n) is 10.1. The largest absolute Gasteiger partial charge is 0.391 e. The lowest BCUT2D eigenvalue weighted by molar-refractivity contribution is 0.0874. The minimum absolute atomic E-state index is 0.231. The standard InChI is InChI=1S/C19H36N4O/c1-20-19(21-13-18(24)17-7-3-2-4-8-17)23-12-9-16(15-23)14-22-10-5-6-11-22/h16-18,24H,2-15H2,1H3,(H,20,21). The summed E-state index contributed by atoms with van der Waals surface area (Å²) in [5.41, 5.74) is 0. The van der Waals surface area contributed by atoms with E-state index >= 15 is 0 Å². The number of nitrogens with zero attached hydrogens (tertiary/aromatic N) is 3. The molecule has 0 amide bonds. The molecule has 0 aromatic carbocycles. The molecule has 5 heteroatoms. The van der Waals surface area contributed by atoms with Gasteiger partial charge in [-0.1, -0.05) is 19.3 Å². The molecule has 2 unspecified atom stereocenters. The van der Waals surface area contributed by atoms with Crippen LogP contribution in [0.2, 0.25) is 0 Å². The average molecular weight is 337 g/mol. The fourth-order valence-corrected chi connectivity index (χ4v) is 4.72. The second-order valence-electron chi connectivity index (χ2n) is 8.00. The van der Waals surface area contributed by atoms with Gasteiger partial charge in [0.1, 0.15) is 0 Å². The van der Waals surface area contributed by atoms with Crippen molar-refractivity contribution in [3.63, 3.8) is 0 Å². The number of aliphatic hydroxyl groups is 1. The summed E-state index contributed by atoms with van der Waals surface area (Å²) in [7, 11) is 1.86. The quantitative estimate of drug-likeness (QED) is 0.595. The molecule has 3 rings (SSSR count). The van der Waals surface area contributed by atoms with E-state index in [1.54, 1.807) is 0 Å². The van der Waals surface area contributed by atoms with Crippen LogP contribution < -0.4 is 5.32 Å². The van der Waals surface area contributed by atoms with E-state index in [4.69, 9.17) is 0 Å². The van der Waals surface area contributed by atoms with Crippen LogP contribution in [0.25, 0.3) is 0 Å². The minimum atomic E-state index is -0.231. The predicted molar refractivity (Wildman–Crippen MR) is 99.3 cm³/mol. The molecule has 2 N–H and O–H groups in total. The Morgan fingerprint density at radius 2 is 1.83 bits per heavy atom. The maximum atomic E-state index is 10.5. The van der Waals surface area contributed by atoms with Gasteiger partial charge >= 0.3 is 0 Å². The molecule has 0 aromatic rings. The molecule has 0 bridgehead atoms. The fraction of sp³-hybridized carbons (Fsp3) is 0.947. The van der Waals surface area contributed by atoms with Crippen molar-refractivity contribution in [1.82, 2.24) is 15.1 Å². The molecular weight excluding hydrogens is 300 g/mol. The van der Waals surface area contributed by atoms with E-state index in [1.165, 1.54) is 71.0 Å². The van der Waals surface area contributed by atoms with Crippen molar-refractivity contribution in [3.8, 4) is 0 Å². The van der Waals surface area contributed by atoms with Gasteiger partial charge in [-0.2, -0.15) is 0 Å². The van der Waals surface area contributed by atoms with E-state index in [1.807, 2.05) is 7.05 Å². The second-order valence-corrected chi connectivity index (χ2v) is 8.00. The van der Waals surface area contributed by atoms with Crippen molar-refractivity contribution in [3.05, 3.63) is 0 Å². The van der Waals surface area contributed by atoms with Crippen molar-refractivity contribution in [1.29, 1.82) is 0 Å². The highest BCUT2D eigenvalue weighted by molar-refractivity contribution is 5.80. The van der Waals surface area contributed by atoms with Crippen LogP contribution in [0.4, 0.5) is 0 Å². The van der Waals surface area contributed by atoms with Gasteiger partial charge in [-0.25, -0.2) is 0 Å². The molecule has 0 spiro atoms. The van der Waals surface area contributed by atoms with Gasteiger partial charge in [-0.05, 0) is 57.0 Å². The van der Waals surface area contributed by atoms with Gasteiger partial charge in [0.05, 0.1) is 6.10 Å². The highest BCUT2D eigenvalue weighted by atomic mass is 16.3. The van der Waals surface area contributed by atoms with E-state index in [9.17, 15) is 5.11 Å². The summed E-state index contributed by atoms with van der Waals surface area (Å²) in [5.74, 6) is 2.23. The van der Waals surface area contributed by atoms with Gasteiger partial charge in [0.2, 0.25) is 0 Å². The van der Waals surface area contributed by atoms with Crippen LogP contribution in [0.3, 0.4) is 0 Å². The van der Waals surface area contributed by atoms with Crippen molar-refractivity contribution in [2.24, 2.45) is 16.8 Å². The number of aliphatic hydroxyl groups excluding tert-OH is 1. The molecule has 1 saturated carbocycles. The Hall–Kier alpha value is -0.810. The Kier molecular flexibility index (Phi) is 6.78. The number of aliphatic imine (C=N–C) groups is 1. The van der Waals surface area contributed by atoms with E-state index in [0.717, 1.165) is 25.0 Å². The zero-order valence-corrected chi connectivity index (χ0v) is 15.4.